The molecule has 31 heavy (non-hydrogen) atoms. The Bertz CT molecular complexity index is 768. The molecule has 2 aliphatic heterocycles. The Kier molecular flexibility index (Phi) is 9.56. The lowest BCUT2D eigenvalue weighted by Crippen LogP contribution is -2.30. The number of nitrogens with zero attached hydrogens (tertiary/aromatic N) is 2. The molecule has 5 radical (unpaired) electrons. The molecule has 0 saturated carbocycles. The third-order valence-corrected chi connectivity index (χ3v) is 7.76. The summed E-state index contributed by atoms with van der Waals surface area (Å²) in [5.74, 6) is 0.299. The average Bonchev–Trinajstić information content (AvgIpc) is 3.43. The number of ether oxygens (including phenoxy) is 2. The van der Waals surface area contributed by atoms with Crippen molar-refractivity contribution < 1.29 is 36.7 Å². The predicted molar refractivity (Wildman–Crippen MR) is 117 cm³/mol. The highest BCUT2D eigenvalue weighted by Crippen LogP contribution is 2.43. The Labute approximate surface area is 192 Å². The molecule has 8 unspecified atom stereocenters. The summed E-state index contributed by atoms with van der Waals surface area (Å²) in [6.07, 6.45) is 1.93. The van der Waals surface area contributed by atoms with Gasteiger partial charge in [0.15, 0.2) is 8.38 Å². The van der Waals surface area contributed by atoms with Gasteiger partial charge in [-0.25, -0.2) is 4.98 Å². The molecule has 2 aliphatic rings. The molecule has 16 heteroatoms. The highest BCUT2D eigenvalue weighted by molar-refractivity contribution is 7.75. The Balaban J connectivity index is 1.49. The topological polar surface area (TPSA) is 113 Å². The van der Waals surface area contributed by atoms with E-state index in [-0.39, 0.29) is 31.4 Å². The molecule has 0 aromatic carbocycles. The van der Waals surface area contributed by atoms with E-state index in [2.05, 4.69) is 17.9 Å². The van der Waals surface area contributed by atoms with Gasteiger partial charge in [-0.3, -0.25) is 8.90 Å². The number of rotatable bonds is 11. The molecule has 3 heterocycles. The smallest absolute Gasteiger partial charge is 0.237 e. The zero-order valence-corrected chi connectivity index (χ0v) is 19.9. The van der Waals surface area contributed by atoms with Crippen LogP contribution < -0.4 is 4.89 Å². The van der Waals surface area contributed by atoms with E-state index in [9.17, 15) is 9.46 Å². The number of imidazole rings is 1. The zero-order valence-electron chi connectivity index (χ0n) is 17.2. The first-order valence-corrected chi connectivity index (χ1v) is 13.1. The average molecular weight is 486 g/mol. The van der Waals surface area contributed by atoms with Gasteiger partial charge in [0, 0.05) is 38.8 Å². The molecule has 3 rings (SSSR count). The molecule has 0 spiro atoms. The molecular formula is C15H23B3N2O8P2S-. The number of hydrogen-bond donors (Lipinski definition) is 1. The molecule has 8 atom stereocenters. The van der Waals surface area contributed by atoms with E-state index in [1.54, 1.807) is 13.6 Å². The number of hydrogen-bond acceptors (Lipinski definition) is 10. The van der Waals surface area contributed by atoms with E-state index in [1.807, 2.05) is 0 Å². The summed E-state index contributed by atoms with van der Waals surface area (Å²) in [7, 11) is 7.17. The van der Waals surface area contributed by atoms with Gasteiger partial charge in [0.1, 0.15) is 32.0 Å². The molecule has 1 aromatic rings. The molecule has 2 fully saturated rings. The van der Waals surface area contributed by atoms with Gasteiger partial charge in [0.2, 0.25) is 7.75 Å². The van der Waals surface area contributed by atoms with Crippen molar-refractivity contribution >= 4 is 51.8 Å². The molecule has 0 amide bonds. The second kappa shape index (κ2) is 11.5. The first-order chi connectivity index (χ1) is 14.7. The summed E-state index contributed by atoms with van der Waals surface area (Å²) >= 11 is 3.88. The van der Waals surface area contributed by atoms with E-state index in [1.165, 1.54) is 19.6 Å². The lowest BCUT2D eigenvalue weighted by Gasteiger charge is -2.28. The van der Waals surface area contributed by atoms with Crippen LogP contribution in [0.15, 0.2) is 12.4 Å². The van der Waals surface area contributed by atoms with Gasteiger partial charge in [0.05, 0.1) is 26.5 Å². The van der Waals surface area contributed by atoms with Gasteiger partial charge in [-0.05, 0) is 32.7 Å². The van der Waals surface area contributed by atoms with E-state index < -0.39 is 34.3 Å². The van der Waals surface area contributed by atoms with Crippen molar-refractivity contribution in [3.8, 4) is 0 Å². The molecule has 167 valence electrons. The first-order valence-electron chi connectivity index (χ1n) is 9.65. The predicted octanol–water partition coefficient (Wildman–Crippen LogP) is 0.284. The van der Waals surface area contributed by atoms with Crippen LogP contribution >= 0.6 is 29.0 Å². The van der Waals surface area contributed by atoms with E-state index in [4.69, 9.17) is 42.8 Å². The van der Waals surface area contributed by atoms with Crippen LogP contribution in [0.1, 0.15) is 18.7 Å². The molecule has 0 N–H and O–H groups in total. The van der Waals surface area contributed by atoms with Crippen LogP contribution in [0.4, 0.5) is 0 Å². The Morgan fingerprint density at radius 2 is 2.13 bits per heavy atom. The van der Waals surface area contributed by atoms with Crippen LogP contribution in [-0.4, -0.2) is 88.4 Å². The van der Waals surface area contributed by atoms with Gasteiger partial charge in [-0.1, -0.05) is 0 Å². The lowest BCUT2D eigenvalue weighted by atomic mass is 9.51. The minimum absolute atomic E-state index is 0.223. The lowest BCUT2D eigenvalue weighted by molar-refractivity contribution is -0.204. The summed E-state index contributed by atoms with van der Waals surface area (Å²) in [6, 6.07) is -0.816. The van der Waals surface area contributed by atoms with Crippen molar-refractivity contribution in [2.24, 2.45) is 0 Å². The molecule has 10 nitrogen and oxygen atoms in total. The maximum Gasteiger partial charge on any atom is 0.237 e. The van der Waals surface area contributed by atoms with Gasteiger partial charge >= 0.3 is 0 Å². The highest BCUT2D eigenvalue weighted by Gasteiger charge is 2.38. The van der Waals surface area contributed by atoms with Gasteiger partial charge < -0.3 is 32.1 Å². The van der Waals surface area contributed by atoms with Crippen molar-refractivity contribution in [3.05, 3.63) is 18.2 Å². The van der Waals surface area contributed by atoms with Gasteiger partial charge in [-0.2, -0.15) is 0 Å². The van der Waals surface area contributed by atoms with Crippen molar-refractivity contribution in [1.29, 1.82) is 0 Å². The van der Waals surface area contributed by atoms with Crippen LogP contribution in [0.25, 0.3) is 0 Å². The molecular weight excluding hydrogens is 463 g/mol. The molecule has 0 aliphatic carbocycles. The molecule has 2 saturated heterocycles. The maximum absolute atomic E-state index is 12.4. The molecule has 1 aromatic heterocycles. The minimum Gasteiger partial charge on any atom is -0.761 e. The standard InChI is InChI=1S/C15H24B3N2O8P2S/c1-9-19-3-4-20(9)30(21,22)24-8-13-10(5-14(16)25-13)27-29(2)23-7-12-11(28-31)6-15(18-17)26-12/h3-4,10-15,31H,5-8H2,1-2H3,(H,21,22)/p-1. The van der Waals surface area contributed by atoms with Gasteiger partial charge in [0.25, 0.3) is 0 Å². The third-order valence-electron chi connectivity index (χ3n) is 4.98. The first kappa shape index (κ1) is 25.8. The second-order valence-electron chi connectivity index (χ2n) is 7.20. The molecule has 0 bridgehead atoms. The zero-order chi connectivity index (χ0) is 22.6. The van der Waals surface area contributed by atoms with Gasteiger partial charge in [-0.15, -0.1) is 0 Å². The SMILES string of the molecule is [B][B]C1CC(OS)C(COP(C)OC2CC([B])OC2COP(=O)([O-])n2ccnc2C)O1. The number of aryl methyl sites for hydroxylation is 1. The van der Waals surface area contributed by atoms with Crippen LogP contribution in [-0.2, 0) is 31.8 Å². The monoisotopic (exact) mass is 486 g/mol. The Morgan fingerprint density at radius 1 is 1.39 bits per heavy atom. The van der Waals surface area contributed by atoms with E-state index in [0.717, 1.165) is 4.34 Å². The van der Waals surface area contributed by atoms with Crippen LogP contribution in [0, 0.1) is 6.92 Å². The third kappa shape index (κ3) is 6.82. The summed E-state index contributed by atoms with van der Waals surface area (Å²) in [6.45, 7) is 3.33. The fourth-order valence-corrected chi connectivity index (χ4v) is 5.73. The summed E-state index contributed by atoms with van der Waals surface area (Å²) in [4.78, 5) is 16.3. The van der Waals surface area contributed by atoms with E-state index >= 15 is 0 Å². The van der Waals surface area contributed by atoms with Crippen LogP contribution in [0.3, 0.4) is 0 Å². The Hall–Kier alpha value is 0.135. The highest BCUT2D eigenvalue weighted by atomic mass is 32.1. The minimum atomic E-state index is -4.36. The second-order valence-corrected chi connectivity index (χ2v) is 10.4. The van der Waals surface area contributed by atoms with Crippen molar-refractivity contribution in [3.63, 3.8) is 0 Å². The van der Waals surface area contributed by atoms with Crippen LogP contribution in [0.5, 0.6) is 0 Å². The number of aromatic nitrogens is 2. The van der Waals surface area contributed by atoms with Crippen molar-refractivity contribution in [2.45, 2.75) is 56.2 Å². The largest absolute Gasteiger partial charge is 0.761 e. The van der Waals surface area contributed by atoms with Crippen molar-refractivity contribution in [1.82, 2.24) is 9.32 Å². The summed E-state index contributed by atoms with van der Waals surface area (Å²) in [5.41, 5.74) is 0. The normalized spacial score (nSPS) is 33.9. The quantitative estimate of drug-likeness (QED) is 0.204. The Morgan fingerprint density at radius 3 is 2.77 bits per heavy atom. The maximum atomic E-state index is 12.4. The fourth-order valence-electron chi connectivity index (χ4n) is 3.40. The fraction of sp³-hybridized carbons (Fsp3) is 0.800. The summed E-state index contributed by atoms with van der Waals surface area (Å²) < 4.78 is 46.7. The number of thiol groups is 1. The van der Waals surface area contributed by atoms with Crippen LogP contribution in [0.2, 0.25) is 0 Å². The van der Waals surface area contributed by atoms with Crippen molar-refractivity contribution in [2.75, 3.05) is 19.9 Å². The van der Waals surface area contributed by atoms with E-state index in [0.29, 0.717) is 18.7 Å². The summed E-state index contributed by atoms with van der Waals surface area (Å²) in [5, 5.41) is 0.